The molecule has 0 aliphatic rings. The summed E-state index contributed by atoms with van der Waals surface area (Å²) < 4.78 is 7.14. The Morgan fingerprint density at radius 3 is 3.00 bits per heavy atom. The van der Waals surface area contributed by atoms with E-state index in [1.807, 2.05) is 41.1 Å². The number of fused-ring (bicyclic) bond motifs is 1. The molecule has 0 bridgehead atoms. The van der Waals surface area contributed by atoms with Crippen LogP contribution in [-0.2, 0) is 0 Å². The lowest BCUT2D eigenvalue weighted by Gasteiger charge is -2.10. The van der Waals surface area contributed by atoms with Gasteiger partial charge in [-0.1, -0.05) is 0 Å². The van der Waals surface area contributed by atoms with Crippen molar-refractivity contribution >= 4 is 28.8 Å². The highest BCUT2D eigenvalue weighted by molar-refractivity contribution is 7.80. The van der Waals surface area contributed by atoms with Gasteiger partial charge >= 0.3 is 0 Å². The Morgan fingerprint density at radius 2 is 2.29 bits per heavy atom. The monoisotopic (exact) mass is 299 g/mol. The van der Waals surface area contributed by atoms with Crippen LogP contribution in [0.5, 0.6) is 5.75 Å². The molecule has 21 heavy (non-hydrogen) atoms. The molecule has 6 nitrogen and oxygen atoms in total. The second kappa shape index (κ2) is 5.37. The lowest BCUT2D eigenvalue weighted by molar-refractivity contribution is 0.417. The molecule has 0 unspecified atom stereocenters. The number of nitrogens with one attached hydrogen (secondary N) is 1. The van der Waals surface area contributed by atoms with Crippen molar-refractivity contribution in [3.63, 3.8) is 0 Å². The van der Waals surface area contributed by atoms with Crippen LogP contribution in [0, 0.1) is 0 Å². The molecule has 1 aromatic carbocycles. The van der Waals surface area contributed by atoms with Crippen LogP contribution < -0.4 is 15.8 Å². The van der Waals surface area contributed by atoms with Gasteiger partial charge in [0.25, 0.3) is 0 Å². The Hall–Kier alpha value is -2.67. The van der Waals surface area contributed by atoms with Gasteiger partial charge in [-0.2, -0.15) is 0 Å². The number of hydrogen-bond acceptors (Lipinski definition) is 4. The number of anilines is 1. The van der Waals surface area contributed by atoms with Crippen LogP contribution in [0.2, 0.25) is 0 Å². The molecular weight excluding hydrogens is 286 g/mol. The van der Waals surface area contributed by atoms with E-state index in [4.69, 9.17) is 22.7 Å². The number of nitrogens with zero attached hydrogens (tertiary/aromatic N) is 3. The third kappa shape index (κ3) is 2.63. The molecule has 0 saturated carbocycles. The van der Waals surface area contributed by atoms with Gasteiger partial charge in [0.1, 0.15) is 5.75 Å². The predicted octanol–water partition coefficient (Wildman–Crippen LogP) is 2.06. The molecule has 0 radical (unpaired) electrons. The fourth-order valence-electron chi connectivity index (χ4n) is 2.07. The van der Waals surface area contributed by atoms with Gasteiger partial charge < -0.3 is 15.8 Å². The van der Waals surface area contributed by atoms with Gasteiger partial charge in [-0.25, -0.2) is 9.97 Å². The van der Waals surface area contributed by atoms with E-state index in [-0.39, 0.29) is 5.11 Å². The van der Waals surface area contributed by atoms with Crippen LogP contribution in [0.3, 0.4) is 0 Å². The fraction of sp³-hybridized carbons (Fsp3) is 0.0714. The van der Waals surface area contributed by atoms with Gasteiger partial charge in [0, 0.05) is 24.2 Å². The first kappa shape index (κ1) is 13.3. The first-order valence-corrected chi connectivity index (χ1v) is 6.63. The highest BCUT2D eigenvalue weighted by Crippen LogP contribution is 2.30. The van der Waals surface area contributed by atoms with E-state index in [1.165, 1.54) is 0 Å². The van der Waals surface area contributed by atoms with Crippen molar-refractivity contribution in [2.45, 2.75) is 0 Å². The number of aromatic nitrogens is 3. The maximum absolute atomic E-state index is 5.53. The Balaban J connectivity index is 2.07. The number of benzene rings is 1. The molecule has 106 valence electrons. The lowest BCUT2D eigenvalue weighted by atomic mass is 10.1. The highest BCUT2D eigenvalue weighted by Gasteiger charge is 2.09. The molecular formula is C14H13N5OS. The molecule has 3 aromatic rings. The lowest BCUT2D eigenvalue weighted by Crippen LogP contribution is -2.19. The number of hydrogen-bond donors (Lipinski definition) is 2. The van der Waals surface area contributed by atoms with Crippen LogP contribution >= 0.6 is 12.2 Å². The standard InChI is InChI=1S/C14H13N5OS/c1-20-12-4-3-9(7-10(12)17-13(15)21)11-8-19-6-2-5-16-14(19)18-11/h2-8H,1H3,(H3,15,17,21). The van der Waals surface area contributed by atoms with Crippen molar-refractivity contribution in [2.24, 2.45) is 5.73 Å². The van der Waals surface area contributed by atoms with Crippen molar-refractivity contribution in [1.82, 2.24) is 14.4 Å². The highest BCUT2D eigenvalue weighted by atomic mass is 32.1. The molecule has 0 saturated heterocycles. The second-order valence-corrected chi connectivity index (χ2v) is 4.80. The quantitative estimate of drug-likeness (QED) is 0.721. The fourth-order valence-corrected chi connectivity index (χ4v) is 2.18. The molecule has 0 aliphatic carbocycles. The van der Waals surface area contributed by atoms with E-state index >= 15 is 0 Å². The minimum atomic E-state index is 0.183. The van der Waals surface area contributed by atoms with E-state index < -0.39 is 0 Å². The first-order chi connectivity index (χ1) is 10.2. The molecule has 2 heterocycles. The normalized spacial score (nSPS) is 10.5. The average molecular weight is 299 g/mol. The maximum atomic E-state index is 5.53. The summed E-state index contributed by atoms with van der Waals surface area (Å²) >= 11 is 4.88. The van der Waals surface area contributed by atoms with Crippen molar-refractivity contribution in [3.8, 4) is 17.0 Å². The van der Waals surface area contributed by atoms with Crippen LogP contribution in [0.15, 0.2) is 42.9 Å². The number of nitrogens with two attached hydrogens (primary N) is 1. The summed E-state index contributed by atoms with van der Waals surface area (Å²) in [5.74, 6) is 1.31. The average Bonchev–Trinajstić information content (AvgIpc) is 2.90. The SMILES string of the molecule is COc1ccc(-c2cn3cccnc3n2)cc1NC(N)=S. The predicted molar refractivity (Wildman–Crippen MR) is 85.4 cm³/mol. The third-order valence-electron chi connectivity index (χ3n) is 2.99. The van der Waals surface area contributed by atoms with Crippen LogP contribution in [0.1, 0.15) is 0 Å². The number of thiocarbonyl (C=S) groups is 1. The van der Waals surface area contributed by atoms with Crippen LogP contribution in [0.25, 0.3) is 17.0 Å². The number of imidazole rings is 1. The number of ether oxygens (including phenoxy) is 1. The summed E-state index contributed by atoms with van der Waals surface area (Å²) in [6, 6.07) is 7.50. The molecule has 0 fully saturated rings. The summed E-state index contributed by atoms with van der Waals surface area (Å²) in [7, 11) is 1.59. The van der Waals surface area contributed by atoms with E-state index in [0.717, 1.165) is 11.3 Å². The van der Waals surface area contributed by atoms with Crippen molar-refractivity contribution < 1.29 is 4.74 Å². The summed E-state index contributed by atoms with van der Waals surface area (Å²) in [4.78, 5) is 8.68. The maximum Gasteiger partial charge on any atom is 0.234 e. The molecule has 7 heteroatoms. The van der Waals surface area contributed by atoms with Gasteiger partial charge in [-0.05, 0) is 36.5 Å². The summed E-state index contributed by atoms with van der Waals surface area (Å²) in [6.45, 7) is 0. The Bertz CT molecular complexity index is 781. The Morgan fingerprint density at radius 1 is 1.43 bits per heavy atom. The largest absolute Gasteiger partial charge is 0.495 e. The van der Waals surface area contributed by atoms with Gasteiger partial charge in [-0.3, -0.25) is 4.40 Å². The second-order valence-electron chi connectivity index (χ2n) is 4.36. The zero-order valence-electron chi connectivity index (χ0n) is 11.3. The third-order valence-corrected chi connectivity index (χ3v) is 3.09. The van der Waals surface area contributed by atoms with E-state index in [9.17, 15) is 0 Å². The Kier molecular flexibility index (Phi) is 3.41. The summed E-state index contributed by atoms with van der Waals surface area (Å²) in [5, 5.41) is 3.08. The van der Waals surface area contributed by atoms with E-state index in [1.54, 1.807) is 13.3 Å². The topological polar surface area (TPSA) is 77.5 Å². The summed E-state index contributed by atoms with van der Waals surface area (Å²) in [6.07, 6.45) is 5.52. The van der Waals surface area contributed by atoms with Gasteiger partial charge in [0.15, 0.2) is 5.11 Å². The summed E-state index contributed by atoms with van der Waals surface area (Å²) in [5.41, 5.74) is 7.96. The molecule has 0 spiro atoms. The van der Waals surface area contributed by atoms with Gasteiger partial charge in [0.05, 0.1) is 18.5 Å². The zero-order chi connectivity index (χ0) is 14.8. The van der Waals surface area contributed by atoms with Crippen LogP contribution in [-0.4, -0.2) is 26.6 Å². The zero-order valence-corrected chi connectivity index (χ0v) is 12.1. The minimum Gasteiger partial charge on any atom is -0.495 e. The minimum absolute atomic E-state index is 0.183. The number of methoxy groups -OCH3 is 1. The van der Waals surface area contributed by atoms with Crippen molar-refractivity contribution in [2.75, 3.05) is 12.4 Å². The Labute approximate surface area is 126 Å². The van der Waals surface area contributed by atoms with Gasteiger partial charge in [0.2, 0.25) is 5.78 Å². The molecule has 3 N–H and O–H groups in total. The van der Waals surface area contributed by atoms with Crippen LogP contribution in [0.4, 0.5) is 5.69 Å². The molecule has 2 aromatic heterocycles. The van der Waals surface area contributed by atoms with E-state index in [2.05, 4.69) is 15.3 Å². The van der Waals surface area contributed by atoms with E-state index in [0.29, 0.717) is 17.2 Å². The molecule has 3 rings (SSSR count). The smallest absolute Gasteiger partial charge is 0.234 e. The molecule has 0 amide bonds. The molecule has 0 atom stereocenters. The van der Waals surface area contributed by atoms with Gasteiger partial charge in [-0.15, -0.1) is 0 Å². The molecule has 0 aliphatic heterocycles. The van der Waals surface area contributed by atoms with Crippen molar-refractivity contribution in [1.29, 1.82) is 0 Å². The number of rotatable bonds is 3. The van der Waals surface area contributed by atoms with Crippen molar-refractivity contribution in [3.05, 3.63) is 42.9 Å². The first-order valence-electron chi connectivity index (χ1n) is 6.22.